The number of pyridine rings is 2. The second-order valence-corrected chi connectivity index (χ2v) is 7.44. The van der Waals surface area contributed by atoms with Crippen molar-refractivity contribution in [1.82, 2.24) is 19.8 Å². The van der Waals surface area contributed by atoms with Gasteiger partial charge in [0, 0.05) is 51.0 Å². The van der Waals surface area contributed by atoms with E-state index in [0.717, 1.165) is 18.7 Å². The summed E-state index contributed by atoms with van der Waals surface area (Å²) in [5.74, 6) is -0.0158. The second-order valence-electron chi connectivity index (χ2n) is 7.44. The van der Waals surface area contributed by atoms with Crippen molar-refractivity contribution in [1.29, 1.82) is 0 Å². The van der Waals surface area contributed by atoms with Gasteiger partial charge in [0.05, 0.1) is 17.3 Å². The van der Waals surface area contributed by atoms with E-state index in [2.05, 4.69) is 52.1 Å². The maximum Gasteiger partial charge on any atom is 0.255 e. The van der Waals surface area contributed by atoms with E-state index in [-0.39, 0.29) is 11.9 Å². The fraction of sp³-hybridized carbons (Fsp3) is 0.320. The van der Waals surface area contributed by atoms with Gasteiger partial charge in [-0.1, -0.05) is 50.2 Å². The topological polar surface area (TPSA) is 75.4 Å². The predicted molar refractivity (Wildman–Crippen MR) is 125 cm³/mol. The van der Waals surface area contributed by atoms with Crippen LogP contribution in [0.1, 0.15) is 46.9 Å². The molecule has 1 aromatic carbocycles. The highest BCUT2D eigenvalue weighted by Gasteiger charge is 2.29. The first kappa shape index (κ1) is 22.4. The normalized spacial score (nSPS) is 15.0. The first-order chi connectivity index (χ1) is 15.1. The monoisotopic (exact) mass is 417 g/mol. The van der Waals surface area contributed by atoms with Gasteiger partial charge in [0.15, 0.2) is 0 Å². The fourth-order valence-electron chi connectivity index (χ4n) is 3.92. The highest BCUT2D eigenvalue weighted by atomic mass is 16.2. The number of benzene rings is 1. The van der Waals surface area contributed by atoms with Crippen molar-refractivity contribution in [3.8, 4) is 0 Å². The Balaban J connectivity index is 0.00000132. The molecule has 3 aromatic rings. The molecule has 0 saturated carbocycles. The molecule has 1 saturated heterocycles. The van der Waals surface area contributed by atoms with Gasteiger partial charge in [-0.25, -0.2) is 0 Å². The molecule has 1 fully saturated rings. The zero-order chi connectivity index (χ0) is 22.2. The average Bonchev–Trinajstić information content (AvgIpc) is 2.81. The number of hydrogen-bond donors (Lipinski definition) is 1. The first-order valence-corrected chi connectivity index (χ1v) is 10.8. The van der Waals surface area contributed by atoms with Crippen molar-refractivity contribution in [2.24, 2.45) is 0 Å². The van der Waals surface area contributed by atoms with Crippen molar-refractivity contribution in [2.45, 2.75) is 26.8 Å². The van der Waals surface area contributed by atoms with E-state index in [0.29, 0.717) is 24.3 Å². The Morgan fingerprint density at radius 1 is 0.903 bits per heavy atom. The zero-order valence-corrected chi connectivity index (χ0v) is 18.5. The molecule has 0 radical (unpaired) electrons. The lowest BCUT2D eigenvalue weighted by Crippen LogP contribution is -2.49. The predicted octanol–water partition coefficient (Wildman–Crippen LogP) is 3.94. The average molecular weight is 418 g/mol. The van der Waals surface area contributed by atoms with Gasteiger partial charge in [-0.2, -0.15) is 0 Å². The van der Waals surface area contributed by atoms with E-state index < -0.39 is 0 Å². The Morgan fingerprint density at radius 2 is 1.58 bits per heavy atom. The summed E-state index contributed by atoms with van der Waals surface area (Å²) in [5, 5.41) is 0. The number of carbonyl (C=O) groups excluding carboxylic acids is 1. The van der Waals surface area contributed by atoms with Crippen LogP contribution in [0.4, 0.5) is 5.69 Å². The van der Waals surface area contributed by atoms with E-state index in [9.17, 15) is 4.79 Å². The van der Waals surface area contributed by atoms with E-state index in [1.54, 1.807) is 18.5 Å². The molecule has 1 amide bonds. The van der Waals surface area contributed by atoms with Crippen LogP contribution in [-0.4, -0.2) is 51.9 Å². The molecule has 0 bridgehead atoms. The molecule has 2 aromatic heterocycles. The number of hydrogen-bond acceptors (Lipinski definition) is 5. The minimum atomic E-state index is -0.0158. The van der Waals surface area contributed by atoms with Crippen molar-refractivity contribution in [2.75, 3.05) is 31.9 Å². The number of amides is 1. The van der Waals surface area contributed by atoms with Crippen molar-refractivity contribution in [3.05, 3.63) is 89.5 Å². The summed E-state index contributed by atoms with van der Waals surface area (Å²) in [4.78, 5) is 25.6. The highest BCUT2D eigenvalue weighted by molar-refractivity contribution is 5.94. The van der Waals surface area contributed by atoms with Crippen LogP contribution in [0.15, 0.2) is 67.3 Å². The van der Waals surface area contributed by atoms with Gasteiger partial charge in [-0.3, -0.25) is 19.7 Å². The number of piperazine rings is 1. The van der Waals surface area contributed by atoms with Gasteiger partial charge < -0.3 is 10.6 Å². The summed E-state index contributed by atoms with van der Waals surface area (Å²) >= 11 is 0. The number of rotatable bonds is 4. The number of anilines is 1. The van der Waals surface area contributed by atoms with Crippen molar-refractivity contribution in [3.63, 3.8) is 0 Å². The Morgan fingerprint density at radius 3 is 2.23 bits per heavy atom. The largest absolute Gasteiger partial charge is 0.397 e. The number of nitrogen functional groups attached to an aromatic ring is 1. The van der Waals surface area contributed by atoms with Crippen LogP contribution in [0.3, 0.4) is 0 Å². The Labute approximate surface area is 184 Å². The van der Waals surface area contributed by atoms with Gasteiger partial charge in [-0.15, -0.1) is 0 Å². The molecule has 1 unspecified atom stereocenters. The fourth-order valence-corrected chi connectivity index (χ4v) is 3.92. The van der Waals surface area contributed by atoms with Crippen LogP contribution < -0.4 is 5.73 Å². The first-order valence-electron chi connectivity index (χ1n) is 10.8. The quantitative estimate of drug-likeness (QED) is 0.696. The smallest absolute Gasteiger partial charge is 0.255 e. The summed E-state index contributed by atoms with van der Waals surface area (Å²) in [6.07, 6.45) is 6.95. The molecule has 6 nitrogen and oxygen atoms in total. The summed E-state index contributed by atoms with van der Waals surface area (Å²) in [5.41, 5.74) is 10.4. The molecular weight excluding hydrogens is 386 g/mol. The molecule has 31 heavy (non-hydrogen) atoms. The van der Waals surface area contributed by atoms with Gasteiger partial charge in [0.25, 0.3) is 5.91 Å². The molecule has 6 heteroatoms. The van der Waals surface area contributed by atoms with E-state index in [1.165, 1.54) is 11.1 Å². The molecule has 4 rings (SSSR count). The Hall–Kier alpha value is -3.25. The van der Waals surface area contributed by atoms with E-state index in [4.69, 9.17) is 5.73 Å². The summed E-state index contributed by atoms with van der Waals surface area (Å²) in [6, 6.07) is 14.5. The van der Waals surface area contributed by atoms with Crippen LogP contribution in [0.2, 0.25) is 0 Å². The standard InChI is InChI=1S/C23H25N5O.C2H6/c1-17-11-19(14-25-13-17)22(18-5-3-2-4-6-18)27-7-9-28(10-8-27)23(29)20-12-21(24)16-26-15-20;1-2/h2-6,11-16,22H,7-10,24H2,1H3;1-2H3. The zero-order valence-electron chi connectivity index (χ0n) is 18.5. The van der Waals surface area contributed by atoms with Crippen molar-refractivity contribution >= 4 is 11.6 Å². The van der Waals surface area contributed by atoms with Crippen LogP contribution in [-0.2, 0) is 0 Å². The highest BCUT2D eigenvalue weighted by Crippen LogP contribution is 2.29. The van der Waals surface area contributed by atoms with Gasteiger partial charge in [0.2, 0.25) is 0 Å². The van der Waals surface area contributed by atoms with Crippen molar-refractivity contribution < 1.29 is 4.79 Å². The lowest BCUT2D eigenvalue weighted by molar-refractivity contribution is 0.0597. The lowest BCUT2D eigenvalue weighted by Gasteiger charge is -2.39. The maximum absolute atomic E-state index is 12.8. The molecule has 1 atom stereocenters. The van der Waals surface area contributed by atoms with Crippen LogP contribution in [0.5, 0.6) is 0 Å². The van der Waals surface area contributed by atoms with Gasteiger partial charge in [0.1, 0.15) is 0 Å². The summed E-state index contributed by atoms with van der Waals surface area (Å²) in [6.45, 7) is 8.96. The molecule has 3 heterocycles. The molecule has 0 spiro atoms. The maximum atomic E-state index is 12.8. The molecule has 1 aliphatic heterocycles. The molecule has 162 valence electrons. The van der Waals surface area contributed by atoms with Crippen LogP contribution in [0, 0.1) is 6.92 Å². The molecule has 0 aliphatic carbocycles. The lowest BCUT2D eigenvalue weighted by atomic mass is 9.97. The van der Waals surface area contributed by atoms with Gasteiger partial charge in [-0.05, 0) is 29.7 Å². The third kappa shape index (κ3) is 5.47. The third-order valence-electron chi connectivity index (χ3n) is 5.30. The minimum absolute atomic E-state index is 0.0158. The summed E-state index contributed by atoms with van der Waals surface area (Å²) in [7, 11) is 0. The number of aryl methyl sites for hydroxylation is 1. The van der Waals surface area contributed by atoms with Crippen LogP contribution >= 0.6 is 0 Å². The molecule has 1 aliphatic rings. The number of nitrogens with two attached hydrogens (primary N) is 1. The van der Waals surface area contributed by atoms with E-state index >= 15 is 0 Å². The Bertz CT molecular complexity index is 984. The summed E-state index contributed by atoms with van der Waals surface area (Å²) < 4.78 is 0. The minimum Gasteiger partial charge on any atom is -0.397 e. The SMILES string of the molecule is CC.Cc1cncc(C(c2ccccc2)N2CCN(C(=O)c3cncc(N)c3)CC2)c1. The number of aromatic nitrogens is 2. The number of carbonyl (C=O) groups is 1. The Kier molecular flexibility index (Phi) is 7.73. The number of nitrogens with zero attached hydrogens (tertiary/aromatic N) is 4. The molecule has 2 N–H and O–H groups in total. The van der Waals surface area contributed by atoms with Gasteiger partial charge >= 0.3 is 0 Å². The molecular formula is C25H31N5O. The van der Waals surface area contributed by atoms with E-state index in [1.807, 2.05) is 37.2 Å². The second kappa shape index (κ2) is 10.7. The van der Waals surface area contributed by atoms with Crippen LogP contribution in [0.25, 0.3) is 0 Å². The third-order valence-corrected chi connectivity index (χ3v) is 5.30.